The van der Waals surface area contributed by atoms with Crippen LogP contribution in [-0.4, -0.2) is 31.0 Å². The molecule has 128 valence electrons. The number of hydrogen-bond acceptors (Lipinski definition) is 4. The van der Waals surface area contributed by atoms with E-state index in [1.165, 1.54) is 18.2 Å². The Morgan fingerprint density at radius 2 is 2.04 bits per heavy atom. The summed E-state index contributed by atoms with van der Waals surface area (Å²) in [6, 6.07) is 3.18. The largest absolute Gasteiger partial charge is 0.491 e. The maximum Gasteiger partial charge on any atom is 0.243 e. The fourth-order valence-corrected chi connectivity index (χ4v) is 1.71. The average Bonchev–Trinajstić information content (AvgIpc) is 2.51. The van der Waals surface area contributed by atoms with Gasteiger partial charge in [0.05, 0.1) is 24.9 Å². The second-order valence-corrected chi connectivity index (χ2v) is 5.52. The van der Waals surface area contributed by atoms with Crippen LogP contribution >= 0.6 is 0 Å². The summed E-state index contributed by atoms with van der Waals surface area (Å²) < 4.78 is 18.7. The van der Waals surface area contributed by atoms with Crippen molar-refractivity contribution in [3.8, 4) is 5.75 Å². The minimum Gasteiger partial charge on any atom is -0.491 e. The maximum absolute atomic E-state index is 13.3. The number of anilines is 1. The molecule has 0 aliphatic rings. The molecule has 1 aromatic rings. The number of benzene rings is 1. The summed E-state index contributed by atoms with van der Waals surface area (Å²) in [5, 5.41) is 5.05. The molecule has 0 aliphatic carbocycles. The van der Waals surface area contributed by atoms with Crippen LogP contribution in [0.4, 0.5) is 10.1 Å². The Hall–Kier alpha value is -2.15. The van der Waals surface area contributed by atoms with Gasteiger partial charge in [-0.05, 0) is 24.5 Å². The molecule has 0 fully saturated rings. The van der Waals surface area contributed by atoms with E-state index in [1.807, 2.05) is 20.8 Å². The number of nitrogens with two attached hydrogens (primary N) is 1. The summed E-state index contributed by atoms with van der Waals surface area (Å²) in [4.78, 5) is 23.6. The first-order valence-electron chi connectivity index (χ1n) is 7.60. The van der Waals surface area contributed by atoms with Gasteiger partial charge in [-0.2, -0.15) is 0 Å². The fourth-order valence-electron chi connectivity index (χ4n) is 1.71. The Labute approximate surface area is 135 Å². The summed E-state index contributed by atoms with van der Waals surface area (Å²) in [5.41, 5.74) is 6.04. The highest BCUT2D eigenvalue weighted by atomic mass is 19.1. The molecular weight excluding hydrogens is 301 g/mol. The average molecular weight is 325 g/mol. The van der Waals surface area contributed by atoms with Crippen LogP contribution in [0.15, 0.2) is 18.2 Å². The smallest absolute Gasteiger partial charge is 0.243 e. The van der Waals surface area contributed by atoms with Crippen molar-refractivity contribution < 1.29 is 18.7 Å². The first kappa shape index (κ1) is 18.9. The molecule has 0 aliphatic heterocycles. The van der Waals surface area contributed by atoms with E-state index in [-0.39, 0.29) is 18.2 Å². The molecule has 6 nitrogen and oxygen atoms in total. The molecular formula is C16H24FN3O3. The lowest BCUT2D eigenvalue weighted by Gasteiger charge is -2.16. The third kappa shape index (κ3) is 6.23. The predicted molar refractivity (Wildman–Crippen MR) is 86.6 cm³/mol. The van der Waals surface area contributed by atoms with Crippen molar-refractivity contribution in [2.24, 2.45) is 11.7 Å². The molecule has 1 aromatic carbocycles. The molecule has 4 N–H and O–H groups in total. The van der Waals surface area contributed by atoms with Crippen LogP contribution in [0.5, 0.6) is 5.75 Å². The van der Waals surface area contributed by atoms with E-state index >= 15 is 0 Å². The summed E-state index contributed by atoms with van der Waals surface area (Å²) in [6.07, 6.45) is 0.757. The van der Waals surface area contributed by atoms with Crippen LogP contribution in [0.25, 0.3) is 0 Å². The van der Waals surface area contributed by atoms with Crippen molar-refractivity contribution >= 4 is 17.5 Å². The summed E-state index contributed by atoms with van der Waals surface area (Å²) in [7, 11) is 0. The number of carbonyl (C=O) groups is 2. The maximum atomic E-state index is 13.3. The number of nitrogens with one attached hydrogen (secondary N) is 2. The Morgan fingerprint density at radius 1 is 1.35 bits per heavy atom. The third-order valence-corrected chi connectivity index (χ3v) is 3.12. The standard InChI is InChI=1S/C16H24FN3O3/c1-4-7-23-13-8-11(17)5-6-12(13)20-14(21)9-19-16(22)15(18)10(2)3/h5-6,8,10,15H,4,7,9,18H2,1-3H3,(H,19,22)(H,20,21)/t15-/m0/s1. The number of rotatable bonds is 8. The minimum atomic E-state index is -0.669. The number of ether oxygens (including phenoxy) is 1. The lowest BCUT2D eigenvalue weighted by Crippen LogP contribution is -2.46. The number of amides is 2. The molecule has 2 amide bonds. The van der Waals surface area contributed by atoms with Crippen molar-refractivity contribution in [2.75, 3.05) is 18.5 Å². The van der Waals surface area contributed by atoms with Gasteiger partial charge in [0.25, 0.3) is 0 Å². The SMILES string of the molecule is CCCOc1cc(F)ccc1NC(=O)CNC(=O)[C@@H](N)C(C)C. The fraction of sp³-hybridized carbons (Fsp3) is 0.500. The van der Waals surface area contributed by atoms with Crippen molar-refractivity contribution in [2.45, 2.75) is 33.2 Å². The zero-order valence-electron chi connectivity index (χ0n) is 13.7. The second kappa shape index (κ2) is 9.09. The van der Waals surface area contributed by atoms with Crippen LogP contribution in [0, 0.1) is 11.7 Å². The van der Waals surface area contributed by atoms with Gasteiger partial charge in [-0.1, -0.05) is 20.8 Å². The highest BCUT2D eigenvalue weighted by Crippen LogP contribution is 2.25. The molecule has 0 unspecified atom stereocenters. The quantitative estimate of drug-likeness (QED) is 0.677. The molecule has 0 heterocycles. The number of halogens is 1. The van der Waals surface area contributed by atoms with Gasteiger partial charge in [-0.25, -0.2) is 4.39 Å². The first-order chi connectivity index (χ1) is 10.8. The molecule has 0 aromatic heterocycles. The lowest BCUT2D eigenvalue weighted by atomic mass is 10.1. The molecule has 0 saturated heterocycles. The van der Waals surface area contributed by atoms with Gasteiger partial charge in [0.2, 0.25) is 11.8 Å². The van der Waals surface area contributed by atoms with Crippen molar-refractivity contribution in [3.63, 3.8) is 0 Å². The van der Waals surface area contributed by atoms with E-state index < -0.39 is 23.7 Å². The molecule has 0 spiro atoms. The lowest BCUT2D eigenvalue weighted by molar-refractivity contribution is -0.125. The van der Waals surface area contributed by atoms with Crippen LogP contribution in [-0.2, 0) is 9.59 Å². The normalized spacial score (nSPS) is 11.9. The van der Waals surface area contributed by atoms with Gasteiger partial charge >= 0.3 is 0 Å². The van der Waals surface area contributed by atoms with E-state index in [9.17, 15) is 14.0 Å². The molecule has 1 rings (SSSR count). The number of carbonyl (C=O) groups excluding carboxylic acids is 2. The first-order valence-corrected chi connectivity index (χ1v) is 7.60. The molecule has 1 atom stereocenters. The van der Waals surface area contributed by atoms with Crippen molar-refractivity contribution in [1.29, 1.82) is 0 Å². The Morgan fingerprint density at radius 3 is 2.65 bits per heavy atom. The molecule has 7 heteroatoms. The summed E-state index contributed by atoms with van der Waals surface area (Å²) >= 11 is 0. The number of hydrogen-bond donors (Lipinski definition) is 3. The van der Waals surface area contributed by atoms with E-state index in [2.05, 4.69) is 10.6 Å². The highest BCUT2D eigenvalue weighted by Gasteiger charge is 2.18. The topological polar surface area (TPSA) is 93.5 Å². The van der Waals surface area contributed by atoms with E-state index in [0.29, 0.717) is 12.3 Å². The molecule has 0 radical (unpaired) electrons. The third-order valence-electron chi connectivity index (χ3n) is 3.12. The van der Waals surface area contributed by atoms with Gasteiger partial charge in [-0.15, -0.1) is 0 Å². The summed E-state index contributed by atoms with van der Waals surface area (Å²) in [5.74, 6) is -1.06. The Bertz CT molecular complexity index is 549. The highest BCUT2D eigenvalue weighted by molar-refractivity contribution is 5.96. The van der Waals surface area contributed by atoms with Gasteiger partial charge < -0.3 is 21.1 Å². The van der Waals surface area contributed by atoms with Crippen LogP contribution in [0.1, 0.15) is 27.2 Å². The van der Waals surface area contributed by atoms with Gasteiger partial charge in [0.1, 0.15) is 11.6 Å². The molecule has 23 heavy (non-hydrogen) atoms. The summed E-state index contributed by atoms with van der Waals surface area (Å²) in [6.45, 7) is 5.75. The van der Waals surface area contributed by atoms with Crippen molar-refractivity contribution in [1.82, 2.24) is 5.32 Å². The zero-order chi connectivity index (χ0) is 17.4. The monoisotopic (exact) mass is 325 g/mol. The molecule has 0 saturated carbocycles. The van der Waals surface area contributed by atoms with E-state index in [0.717, 1.165) is 6.42 Å². The van der Waals surface area contributed by atoms with Crippen molar-refractivity contribution in [3.05, 3.63) is 24.0 Å². The van der Waals surface area contributed by atoms with Crippen LogP contribution < -0.4 is 21.1 Å². The van der Waals surface area contributed by atoms with Gasteiger partial charge in [0.15, 0.2) is 0 Å². The molecule has 0 bridgehead atoms. The van der Waals surface area contributed by atoms with Crippen LogP contribution in [0.2, 0.25) is 0 Å². The Kier molecular flexibility index (Phi) is 7.47. The van der Waals surface area contributed by atoms with Gasteiger partial charge in [-0.3, -0.25) is 9.59 Å². The van der Waals surface area contributed by atoms with Crippen LogP contribution in [0.3, 0.4) is 0 Å². The second-order valence-electron chi connectivity index (χ2n) is 5.52. The zero-order valence-corrected chi connectivity index (χ0v) is 13.7. The Balaban J connectivity index is 2.62. The van der Waals surface area contributed by atoms with E-state index in [4.69, 9.17) is 10.5 Å². The minimum absolute atomic E-state index is 0.0239. The van der Waals surface area contributed by atoms with E-state index in [1.54, 1.807) is 0 Å². The predicted octanol–water partition coefficient (Wildman–Crippen LogP) is 1.65. The van der Waals surface area contributed by atoms with Gasteiger partial charge in [0, 0.05) is 6.07 Å².